The maximum absolute atomic E-state index is 5.96. The van der Waals surface area contributed by atoms with Gasteiger partial charge < -0.3 is 16.0 Å². The van der Waals surface area contributed by atoms with Gasteiger partial charge in [0.25, 0.3) is 0 Å². The number of aromatic nitrogens is 2. The van der Waals surface area contributed by atoms with Crippen LogP contribution in [0.3, 0.4) is 0 Å². The number of nitrogen functional groups attached to an aromatic ring is 1. The van der Waals surface area contributed by atoms with Crippen molar-refractivity contribution in [2.45, 2.75) is 13.3 Å². The fourth-order valence-corrected chi connectivity index (χ4v) is 2.32. The van der Waals surface area contributed by atoms with E-state index in [9.17, 15) is 0 Å². The molecule has 1 atom stereocenters. The van der Waals surface area contributed by atoms with Crippen LogP contribution in [0.1, 0.15) is 12.1 Å². The Morgan fingerprint density at radius 2 is 2.25 bits per heavy atom. The summed E-state index contributed by atoms with van der Waals surface area (Å²) < 4.78 is 1.82. The number of hydrogen-bond donors (Lipinski definition) is 2. The van der Waals surface area contributed by atoms with Gasteiger partial charge in [-0.05, 0) is 32.9 Å². The largest absolute Gasteiger partial charge is 0.394 e. The van der Waals surface area contributed by atoms with E-state index >= 15 is 0 Å². The number of aryl methyl sites for hydroxylation is 2. The van der Waals surface area contributed by atoms with E-state index in [0.29, 0.717) is 0 Å². The number of anilines is 2. The second kappa shape index (κ2) is 4.33. The van der Waals surface area contributed by atoms with E-state index in [1.807, 2.05) is 18.7 Å². The van der Waals surface area contributed by atoms with E-state index in [1.165, 1.54) is 19.5 Å². The predicted molar refractivity (Wildman–Crippen MR) is 66.5 cm³/mol. The van der Waals surface area contributed by atoms with Crippen LogP contribution in [0.2, 0.25) is 0 Å². The van der Waals surface area contributed by atoms with Crippen molar-refractivity contribution in [2.24, 2.45) is 13.0 Å². The van der Waals surface area contributed by atoms with Crippen LogP contribution in [0.15, 0.2) is 0 Å². The number of rotatable bonds is 3. The van der Waals surface area contributed by atoms with E-state index in [4.69, 9.17) is 5.73 Å². The number of nitrogens with two attached hydrogens (primary N) is 1. The first-order valence-electron chi connectivity index (χ1n) is 5.79. The van der Waals surface area contributed by atoms with Gasteiger partial charge in [-0.25, -0.2) is 0 Å². The molecule has 0 bridgehead atoms. The number of hydrogen-bond acceptors (Lipinski definition) is 4. The van der Waals surface area contributed by atoms with Gasteiger partial charge in [0.05, 0.1) is 11.4 Å². The minimum absolute atomic E-state index is 0.722. The van der Waals surface area contributed by atoms with Gasteiger partial charge in [0.2, 0.25) is 0 Å². The van der Waals surface area contributed by atoms with Crippen molar-refractivity contribution >= 4 is 11.5 Å². The molecule has 5 heteroatoms. The van der Waals surface area contributed by atoms with E-state index in [1.54, 1.807) is 0 Å². The zero-order valence-corrected chi connectivity index (χ0v) is 10.3. The van der Waals surface area contributed by atoms with Crippen molar-refractivity contribution in [3.8, 4) is 0 Å². The Bertz CT molecular complexity index is 371. The fourth-order valence-electron chi connectivity index (χ4n) is 2.32. The highest BCUT2D eigenvalue weighted by molar-refractivity contribution is 5.64. The Labute approximate surface area is 96.6 Å². The first-order valence-corrected chi connectivity index (χ1v) is 5.79. The summed E-state index contributed by atoms with van der Waals surface area (Å²) in [5, 5.41) is 7.70. The molecule has 1 unspecified atom stereocenters. The first kappa shape index (κ1) is 11.3. The van der Waals surface area contributed by atoms with Crippen LogP contribution in [0.25, 0.3) is 0 Å². The van der Waals surface area contributed by atoms with Gasteiger partial charge >= 0.3 is 0 Å². The van der Waals surface area contributed by atoms with Gasteiger partial charge in [-0.1, -0.05) is 0 Å². The van der Waals surface area contributed by atoms with Crippen LogP contribution >= 0.6 is 0 Å². The van der Waals surface area contributed by atoms with Gasteiger partial charge in [0.1, 0.15) is 5.82 Å². The maximum Gasteiger partial charge on any atom is 0.147 e. The summed E-state index contributed by atoms with van der Waals surface area (Å²) in [6, 6.07) is 0. The quantitative estimate of drug-likeness (QED) is 0.791. The molecule has 0 saturated carbocycles. The molecule has 0 aromatic carbocycles. The lowest BCUT2D eigenvalue weighted by atomic mass is 10.1. The van der Waals surface area contributed by atoms with E-state index < -0.39 is 0 Å². The second-order valence-corrected chi connectivity index (χ2v) is 4.77. The molecule has 1 aromatic heterocycles. The highest BCUT2D eigenvalue weighted by atomic mass is 15.3. The topological polar surface area (TPSA) is 59.1 Å². The molecule has 2 rings (SSSR count). The molecule has 90 valence electrons. The van der Waals surface area contributed by atoms with E-state index in [0.717, 1.165) is 29.7 Å². The molecule has 1 aliphatic heterocycles. The number of likely N-dealkylation sites (tertiary alicyclic amines) is 1. The molecule has 1 fully saturated rings. The zero-order chi connectivity index (χ0) is 11.7. The Morgan fingerprint density at radius 3 is 2.75 bits per heavy atom. The lowest BCUT2D eigenvalue weighted by Crippen LogP contribution is -2.20. The first-order chi connectivity index (χ1) is 7.58. The zero-order valence-electron chi connectivity index (χ0n) is 10.3. The van der Waals surface area contributed by atoms with Gasteiger partial charge in [0, 0.05) is 20.1 Å². The molecule has 5 nitrogen and oxygen atoms in total. The van der Waals surface area contributed by atoms with Crippen molar-refractivity contribution in [1.29, 1.82) is 0 Å². The van der Waals surface area contributed by atoms with Crippen molar-refractivity contribution in [2.75, 3.05) is 37.7 Å². The molecule has 3 N–H and O–H groups in total. The van der Waals surface area contributed by atoms with Gasteiger partial charge in [-0.2, -0.15) is 5.10 Å². The Balaban J connectivity index is 1.94. The normalized spacial score (nSPS) is 21.6. The van der Waals surface area contributed by atoms with Gasteiger partial charge in [-0.3, -0.25) is 4.68 Å². The molecule has 0 spiro atoms. The van der Waals surface area contributed by atoms with Crippen LogP contribution < -0.4 is 11.1 Å². The van der Waals surface area contributed by atoms with Gasteiger partial charge in [0.15, 0.2) is 0 Å². The summed E-state index contributed by atoms with van der Waals surface area (Å²) in [6.45, 7) is 5.29. The molecule has 0 aliphatic carbocycles. The van der Waals surface area contributed by atoms with Crippen LogP contribution in [-0.4, -0.2) is 41.4 Å². The lowest BCUT2D eigenvalue weighted by molar-refractivity contribution is 0.399. The van der Waals surface area contributed by atoms with Crippen molar-refractivity contribution in [1.82, 2.24) is 14.7 Å². The third kappa shape index (κ3) is 2.14. The Kier molecular flexibility index (Phi) is 3.05. The monoisotopic (exact) mass is 223 g/mol. The average molecular weight is 223 g/mol. The predicted octanol–water partition coefficient (Wildman–Crippen LogP) is 0.674. The standard InChI is InChI=1S/C11H21N5/c1-8-10(12)11(16(3)14-8)13-6-9-4-5-15(2)7-9/h9,13H,4-7,12H2,1-3H3. The van der Waals surface area contributed by atoms with Crippen molar-refractivity contribution in [3.63, 3.8) is 0 Å². The summed E-state index contributed by atoms with van der Waals surface area (Å²) in [7, 11) is 4.09. The van der Waals surface area contributed by atoms with Crippen molar-refractivity contribution < 1.29 is 0 Å². The minimum Gasteiger partial charge on any atom is -0.394 e. The third-order valence-electron chi connectivity index (χ3n) is 3.32. The third-order valence-corrected chi connectivity index (χ3v) is 3.32. The van der Waals surface area contributed by atoms with Crippen LogP contribution in [0, 0.1) is 12.8 Å². The highest BCUT2D eigenvalue weighted by Crippen LogP contribution is 2.22. The van der Waals surface area contributed by atoms with Crippen LogP contribution in [0.4, 0.5) is 11.5 Å². The smallest absolute Gasteiger partial charge is 0.147 e. The molecular weight excluding hydrogens is 202 g/mol. The summed E-state index contributed by atoms with van der Waals surface area (Å²) in [5.74, 6) is 1.67. The molecule has 1 saturated heterocycles. The number of nitrogens with one attached hydrogen (secondary N) is 1. The fraction of sp³-hybridized carbons (Fsp3) is 0.727. The Hall–Kier alpha value is -1.23. The van der Waals surface area contributed by atoms with Crippen LogP contribution in [0.5, 0.6) is 0 Å². The minimum atomic E-state index is 0.722. The Morgan fingerprint density at radius 1 is 1.50 bits per heavy atom. The number of nitrogens with zero attached hydrogens (tertiary/aromatic N) is 3. The van der Waals surface area contributed by atoms with E-state index in [-0.39, 0.29) is 0 Å². The molecule has 1 aliphatic rings. The summed E-state index contributed by atoms with van der Waals surface area (Å²) >= 11 is 0. The average Bonchev–Trinajstić information content (AvgIpc) is 2.72. The van der Waals surface area contributed by atoms with Crippen molar-refractivity contribution in [3.05, 3.63) is 5.69 Å². The second-order valence-electron chi connectivity index (χ2n) is 4.77. The lowest BCUT2D eigenvalue weighted by Gasteiger charge is -2.13. The maximum atomic E-state index is 5.96. The molecule has 2 heterocycles. The molecule has 16 heavy (non-hydrogen) atoms. The molecular formula is C11H21N5. The molecule has 1 aromatic rings. The van der Waals surface area contributed by atoms with Crippen LogP contribution in [-0.2, 0) is 7.05 Å². The van der Waals surface area contributed by atoms with Gasteiger partial charge in [-0.15, -0.1) is 0 Å². The SMILES string of the molecule is Cc1nn(C)c(NCC2CCN(C)C2)c1N. The molecule has 0 radical (unpaired) electrons. The summed E-state index contributed by atoms with van der Waals surface area (Å²) in [5.41, 5.74) is 7.63. The summed E-state index contributed by atoms with van der Waals surface area (Å²) in [4.78, 5) is 2.37. The summed E-state index contributed by atoms with van der Waals surface area (Å²) in [6.07, 6.45) is 1.26. The highest BCUT2D eigenvalue weighted by Gasteiger charge is 2.20. The molecule has 0 amide bonds. The van der Waals surface area contributed by atoms with E-state index in [2.05, 4.69) is 22.4 Å².